The maximum atomic E-state index is 14.1. The predicted octanol–water partition coefficient (Wildman–Crippen LogP) is 2.50. The number of hydrogen-bond donors (Lipinski definition) is 1. The van der Waals surface area contributed by atoms with Crippen molar-refractivity contribution in [3.63, 3.8) is 0 Å². The zero-order valence-corrected chi connectivity index (χ0v) is 12.1. The Kier molecular flexibility index (Phi) is 3.55. The summed E-state index contributed by atoms with van der Waals surface area (Å²) >= 11 is 1.40. The summed E-state index contributed by atoms with van der Waals surface area (Å²) in [4.78, 5) is 28.3. The van der Waals surface area contributed by atoms with Crippen molar-refractivity contribution in [2.75, 3.05) is 0 Å². The highest BCUT2D eigenvalue weighted by Gasteiger charge is 2.40. The molecule has 1 aromatic carbocycles. The molecule has 0 spiro atoms. The quantitative estimate of drug-likeness (QED) is 0.867. The van der Waals surface area contributed by atoms with Crippen LogP contribution < -0.4 is 5.32 Å². The summed E-state index contributed by atoms with van der Waals surface area (Å²) in [7, 11) is 0. The van der Waals surface area contributed by atoms with E-state index in [0.29, 0.717) is 10.6 Å². The van der Waals surface area contributed by atoms with Crippen molar-refractivity contribution in [3.05, 3.63) is 51.7 Å². The van der Waals surface area contributed by atoms with Crippen molar-refractivity contribution in [2.24, 2.45) is 0 Å². The Morgan fingerprint density at radius 3 is 2.76 bits per heavy atom. The van der Waals surface area contributed by atoms with Crippen LogP contribution in [0.1, 0.15) is 34.5 Å². The molecule has 1 saturated heterocycles. The van der Waals surface area contributed by atoms with Gasteiger partial charge in [0, 0.05) is 29.0 Å². The molecule has 1 N–H and O–H groups in total. The van der Waals surface area contributed by atoms with Crippen molar-refractivity contribution >= 4 is 23.2 Å². The maximum absolute atomic E-state index is 14.1. The Bertz CT molecular complexity index is 713. The minimum absolute atomic E-state index is 0.137. The van der Waals surface area contributed by atoms with Gasteiger partial charge in [-0.1, -0.05) is 18.2 Å². The van der Waals surface area contributed by atoms with Gasteiger partial charge >= 0.3 is 0 Å². The third-order valence-electron chi connectivity index (χ3n) is 3.55. The van der Waals surface area contributed by atoms with Crippen LogP contribution in [-0.4, -0.2) is 16.8 Å². The lowest BCUT2D eigenvalue weighted by molar-refractivity contribution is -0.135. The van der Waals surface area contributed by atoms with E-state index in [9.17, 15) is 14.0 Å². The van der Waals surface area contributed by atoms with Gasteiger partial charge in [-0.15, -0.1) is 11.3 Å². The van der Waals surface area contributed by atoms with Gasteiger partial charge in [0.2, 0.25) is 11.8 Å². The molecule has 4 nitrogen and oxygen atoms in total. The van der Waals surface area contributed by atoms with Crippen molar-refractivity contribution in [1.82, 2.24) is 10.3 Å². The second-order valence-electron chi connectivity index (χ2n) is 5.05. The highest BCUT2D eigenvalue weighted by Crippen LogP contribution is 2.40. The average Bonchev–Trinajstić information content (AvgIpc) is 2.86. The van der Waals surface area contributed by atoms with Crippen LogP contribution in [0, 0.1) is 12.7 Å². The van der Waals surface area contributed by atoms with Gasteiger partial charge in [0.25, 0.3) is 0 Å². The molecule has 0 aliphatic carbocycles. The van der Waals surface area contributed by atoms with Crippen LogP contribution in [0.4, 0.5) is 4.39 Å². The molecule has 2 atom stereocenters. The molecule has 1 aliphatic heterocycles. The number of aromatic nitrogens is 1. The Labute approximate surface area is 125 Å². The summed E-state index contributed by atoms with van der Waals surface area (Å²) in [5.74, 6) is -2.39. The molecule has 2 aromatic rings. The number of hydrogen-bond acceptors (Lipinski definition) is 4. The number of aryl methyl sites for hydroxylation is 1. The summed E-state index contributed by atoms with van der Waals surface area (Å²) in [6, 6.07) is 6.17. The van der Waals surface area contributed by atoms with Crippen LogP contribution in [0.3, 0.4) is 0 Å². The van der Waals surface area contributed by atoms with Gasteiger partial charge in [-0.2, -0.15) is 0 Å². The number of imide groups is 1. The van der Waals surface area contributed by atoms with Crippen molar-refractivity contribution in [1.29, 1.82) is 0 Å². The molecule has 1 aliphatic rings. The number of nitrogens with one attached hydrogen (secondary N) is 1. The second kappa shape index (κ2) is 5.37. The van der Waals surface area contributed by atoms with Crippen molar-refractivity contribution in [2.45, 2.75) is 25.2 Å². The third-order valence-corrected chi connectivity index (χ3v) is 4.64. The van der Waals surface area contributed by atoms with E-state index in [4.69, 9.17) is 0 Å². The van der Waals surface area contributed by atoms with E-state index in [1.165, 1.54) is 17.4 Å². The zero-order chi connectivity index (χ0) is 15.0. The fraction of sp³-hybridized carbons (Fsp3) is 0.267. The molecule has 2 unspecified atom stereocenters. The second-order valence-corrected chi connectivity index (χ2v) is 5.94. The van der Waals surface area contributed by atoms with Crippen molar-refractivity contribution in [3.8, 4) is 0 Å². The van der Waals surface area contributed by atoms with Gasteiger partial charge in [-0.05, 0) is 13.0 Å². The number of halogens is 1. The van der Waals surface area contributed by atoms with E-state index in [-0.39, 0.29) is 12.3 Å². The SMILES string of the molecule is Cc1csc(C2CC(=O)NC(=O)C2c2ccccc2F)n1. The van der Waals surface area contributed by atoms with E-state index in [1.807, 2.05) is 12.3 Å². The molecule has 2 amide bonds. The maximum Gasteiger partial charge on any atom is 0.234 e. The first-order valence-electron chi connectivity index (χ1n) is 6.56. The molecule has 108 valence electrons. The Morgan fingerprint density at radius 1 is 1.33 bits per heavy atom. The minimum atomic E-state index is -0.727. The van der Waals surface area contributed by atoms with Crippen LogP contribution in [-0.2, 0) is 9.59 Å². The van der Waals surface area contributed by atoms with Crippen LogP contribution >= 0.6 is 11.3 Å². The zero-order valence-electron chi connectivity index (χ0n) is 11.3. The number of thiazole rings is 1. The van der Waals surface area contributed by atoms with Gasteiger partial charge in [-0.3, -0.25) is 14.9 Å². The molecule has 0 saturated carbocycles. The third kappa shape index (κ3) is 2.58. The highest BCUT2D eigenvalue weighted by molar-refractivity contribution is 7.09. The highest BCUT2D eigenvalue weighted by atomic mass is 32.1. The lowest BCUT2D eigenvalue weighted by Gasteiger charge is -2.29. The molecule has 21 heavy (non-hydrogen) atoms. The fourth-order valence-corrected chi connectivity index (χ4v) is 3.56. The van der Waals surface area contributed by atoms with E-state index in [0.717, 1.165) is 5.69 Å². The number of amides is 2. The summed E-state index contributed by atoms with van der Waals surface area (Å²) in [6.07, 6.45) is 0.137. The van der Waals surface area contributed by atoms with Gasteiger partial charge in [0.1, 0.15) is 5.82 Å². The lowest BCUT2D eigenvalue weighted by atomic mass is 9.80. The molecule has 0 radical (unpaired) electrons. The molecule has 1 aromatic heterocycles. The Balaban J connectivity index is 2.07. The van der Waals surface area contributed by atoms with E-state index < -0.39 is 23.6 Å². The standard InChI is InChI=1S/C15H13FN2O2S/c1-8-7-21-15(17-8)10-6-12(19)18-14(20)13(10)9-4-2-3-5-11(9)16/h2-5,7,10,13H,6H2,1H3,(H,18,19,20). The molecular weight excluding hydrogens is 291 g/mol. The van der Waals surface area contributed by atoms with Crippen molar-refractivity contribution < 1.29 is 14.0 Å². The van der Waals surface area contributed by atoms with Crippen LogP contribution in [0.25, 0.3) is 0 Å². The summed E-state index contributed by atoms with van der Waals surface area (Å²) in [6.45, 7) is 1.85. The van der Waals surface area contributed by atoms with E-state index >= 15 is 0 Å². The molecular formula is C15H13FN2O2S. The Hall–Kier alpha value is -2.08. The first-order chi connectivity index (χ1) is 10.1. The molecule has 2 heterocycles. The topological polar surface area (TPSA) is 59.1 Å². The Morgan fingerprint density at radius 2 is 2.10 bits per heavy atom. The first kappa shape index (κ1) is 13.9. The fourth-order valence-electron chi connectivity index (χ4n) is 2.62. The van der Waals surface area contributed by atoms with Crippen LogP contribution in [0.5, 0.6) is 0 Å². The minimum Gasteiger partial charge on any atom is -0.296 e. The van der Waals surface area contributed by atoms with Gasteiger partial charge in [0.15, 0.2) is 0 Å². The van der Waals surface area contributed by atoms with Gasteiger partial charge < -0.3 is 0 Å². The monoisotopic (exact) mass is 304 g/mol. The summed E-state index contributed by atoms with van der Waals surface area (Å²) in [5, 5.41) is 4.86. The molecule has 0 bridgehead atoms. The molecule has 6 heteroatoms. The number of benzene rings is 1. The van der Waals surface area contributed by atoms with Gasteiger partial charge in [0.05, 0.1) is 10.9 Å². The number of carbonyl (C=O) groups is 2. The largest absolute Gasteiger partial charge is 0.296 e. The summed E-state index contributed by atoms with van der Waals surface area (Å²) < 4.78 is 14.1. The van der Waals surface area contributed by atoms with Crippen LogP contribution in [0.2, 0.25) is 0 Å². The van der Waals surface area contributed by atoms with Crippen LogP contribution in [0.15, 0.2) is 29.6 Å². The van der Waals surface area contributed by atoms with Gasteiger partial charge in [-0.25, -0.2) is 9.37 Å². The number of piperidine rings is 1. The average molecular weight is 304 g/mol. The predicted molar refractivity (Wildman–Crippen MR) is 76.5 cm³/mol. The smallest absolute Gasteiger partial charge is 0.234 e. The molecule has 1 fully saturated rings. The first-order valence-corrected chi connectivity index (χ1v) is 7.44. The lowest BCUT2D eigenvalue weighted by Crippen LogP contribution is -2.43. The number of rotatable bonds is 2. The van der Waals surface area contributed by atoms with E-state index in [1.54, 1.807) is 18.2 Å². The molecule has 3 rings (SSSR count). The number of carbonyl (C=O) groups excluding carboxylic acids is 2. The number of nitrogens with zero attached hydrogens (tertiary/aromatic N) is 1. The normalized spacial score (nSPS) is 22.2. The summed E-state index contributed by atoms with van der Waals surface area (Å²) in [5.41, 5.74) is 1.14. The van der Waals surface area contributed by atoms with E-state index in [2.05, 4.69) is 10.3 Å².